The zero-order valence-electron chi connectivity index (χ0n) is 15.7. The third-order valence-electron chi connectivity index (χ3n) is 4.85. The molecule has 1 aliphatic heterocycles. The molecule has 1 unspecified atom stereocenters. The summed E-state index contributed by atoms with van der Waals surface area (Å²) >= 11 is 4.53. The number of benzene rings is 3. The Morgan fingerprint density at radius 2 is 1.63 bits per heavy atom. The van der Waals surface area contributed by atoms with Gasteiger partial charge in [0.25, 0.3) is 0 Å². The molecule has 0 radical (unpaired) electrons. The van der Waals surface area contributed by atoms with Gasteiger partial charge in [0.15, 0.2) is 5.01 Å². The number of alkyl halides is 1. The summed E-state index contributed by atoms with van der Waals surface area (Å²) in [4.78, 5) is 0. The Morgan fingerprint density at radius 1 is 0.933 bits per heavy atom. The Kier molecular flexibility index (Phi) is 9.85. The number of halogens is 3. The molecule has 3 aromatic carbocycles. The molecule has 0 spiro atoms. The average molecular weight is 593 g/mol. The third-order valence-corrected chi connectivity index (χ3v) is 5.30. The van der Waals surface area contributed by atoms with Gasteiger partial charge >= 0.3 is 31.5 Å². The van der Waals surface area contributed by atoms with Crippen LogP contribution in [0.15, 0.2) is 72.3 Å². The van der Waals surface area contributed by atoms with Gasteiger partial charge in [0, 0.05) is 0 Å². The number of fused-ring (bicyclic) bond motifs is 5. The van der Waals surface area contributed by atoms with Crippen LogP contribution in [0.5, 0.6) is 0 Å². The fourth-order valence-electron chi connectivity index (χ4n) is 3.68. The molecule has 1 nitrogen and oxygen atoms in total. The van der Waals surface area contributed by atoms with E-state index in [4.69, 9.17) is 4.74 Å². The Bertz CT molecular complexity index is 1150. The fourth-order valence-corrected chi connectivity index (χ4v) is 4.15. The smallest absolute Gasteiger partial charge is 0.0454 e. The van der Waals surface area contributed by atoms with Crippen LogP contribution in [0.1, 0.15) is 11.1 Å². The van der Waals surface area contributed by atoms with E-state index in [1.54, 1.807) is 0 Å². The van der Waals surface area contributed by atoms with Gasteiger partial charge in [-0.15, -0.1) is 71.0 Å². The van der Waals surface area contributed by atoms with Gasteiger partial charge in [0.1, 0.15) is 0 Å². The van der Waals surface area contributed by atoms with E-state index in [1.807, 2.05) is 18.2 Å². The van der Waals surface area contributed by atoms with E-state index in [0.29, 0.717) is 0 Å². The van der Waals surface area contributed by atoms with Crippen molar-refractivity contribution in [1.29, 1.82) is 0 Å². The summed E-state index contributed by atoms with van der Waals surface area (Å²) < 4.78 is 5.60. The fraction of sp³-hybridized carbons (Fsp3) is 0.0833. The maximum atomic E-state index is 5.60. The number of ether oxygens (including phenoxy) is 1. The van der Waals surface area contributed by atoms with Crippen LogP contribution in [-0.2, 0) is 33.8 Å². The van der Waals surface area contributed by atoms with Gasteiger partial charge in [-0.2, -0.15) is 0 Å². The molecule has 30 heavy (non-hydrogen) atoms. The summed E-state index contributed by atoms with van der Waals surface area (Å²) in [7, 11) is 4.17. The second kappa shape index (κ2) is 11.6. The number of hydrogen-bond donors (Lipinski definition) is 0. The summed E-state index contributed by atoms with van der Waals surface area (Å²) in [6.45, 7) is 0. The first-order valence-corrected chi connectivity index (χ1v) is 13.2. The van der Waals surface area contributed by atoms with Crippen LogP contribution in [0.4, 0.5) is 0 Å². The predicted octanol–water partition coefficient (Wildman–Crippen LogP) is -1.22. The SMILES string of the molecule is BrC1C=C2C=c3[c-]cccc3=C2O1.[Cl-].[Cl-].[S]=[Zr+2].[c-]1cccc2c1-c1ccccc1C2. The van der Waals surface area contributed by atoms with Crippen molar-refractivity contribution in [3.05, 3.63) is 106 Å². The van der Waals surface area contributed by atoms with Crippen molar-refractivity contribution in [1.82, 2.24) is 0 Å². The Hall–Kier alpha value is -0.897. The third kappa shape index (κ3) is 5.11. The van der Waals surface area contributed by atoms with Gasteiger partial charge in [0.2, 0.25) is 0 Å². The van der Waals surface area contributed by atoms with Crippen LogP contribution >= 0.6 is 24.8 Å². The van der Waals surface area contributed by atoms with Crippen LogP contribution in [0.2, 0.25) is 0 Å². The predicted molar refractivity (Wildman–Crippen MR) is 115 cm³/mol. The molecule has 0 amide bonds. The molecule has 0 bridgehead atoms. The van der Waals surface area contributed by atoms with Crippen molar-refractivity contribution < 1.29 is 52.2 Å². The minimum atomic E-state index is 0. The Morgan fingerprint density at radius 3 is 2.47 bits per heavy atom. The Labute approximate surface area is 215 Å². The molecular formula is C24H15BrCl2OSZr-2. The van der Waals surface area contributed by atoms with Gasteiger partial charge in [-0.3, -0.25) is 0 Å². The molecule has 1 heterocycles. The standard InChI is InChI=1S/C13H9.C11H6BrO.2ClH.S.Zr/c1-3-7-12-10(5-1)9-11-6-2-4-8-13(11)12;12-10-6-8-5-7-3-1-2-4-9(7)11(8)13-10;;;;/h1-7H,9H2;1-2,4-6,10H;2*1H;;/q2*-1;;;;+2/p-2. The van der Waals surface area contributed by atoms with Crippen LogP contribution in [-0.4, -0.2) is 5.01 Å². The molecule has 0 N–H and O–H groups in total. The molecule has 0 aromatic heterocycles. The van der Waals surface area contributed by atoms with E-state index in [2.05, 4.69) is 91.5 Å². The van der Waals surface area contributed by atoms with Gasteiger partial charge in [-0.05, 0) is 34.0 Å². The molecular weight excluding hydrogens is 578 g/mol. The van der Waals surface area contributed by atoms with Crippen molar-refractivity contribution in [2.75, 3.05) is 0 Å². The average Bonchev–Trinajstić information content (AvgIpc) is 3.40. The minimum absolute atomic E-state index is 0. The maximum absolute atomic E-state index is 5.60. The van der Waals surface area contributed by atoms with Gasteiger partial charge in [-0.1, -0.05) is 40.6 Å². The van der Waals surface area contributed by atoms with Crippen LogP contribution in [0, 0.1) is 12.1 Å². The largest absolute Gasteiger partial charge is 0.147 e. The first-order valence-electron chi connectivity index (χ1n) is 8.83. The van der Waals surface area contributed by atoms with Gasteiger partial charge < -0.3 is 29.6 Å². The molecule has 0 saturated heterocycles. The summed E-state index contributed by atoms with van der Waals surface area (Å²) in [6, 6.07) is 27.2. The molecule has 0 saturated carbocycles. The van der Waals surface area contributed by atoms with Crippen LogP contribution < -0.4 is 35.3 Å². The van der Waals surface area contributed by atoms with Crippen molar-refractivity contribution >= 4 is 36.6 Å². The van der Waals surface area contributed by atoms with Crippen molar-refractivity contribution in [3.63, 3.8) is 0 Å². The van der Waals surface area contributed by atoms with Crippen molar-refractivity contribution in [2.45, 2.75) is 11.4 Å². The van der Waals surface area contributed by atoms with E-state index in [9.17, 15) is 0 Å². The molecule has 2 aliphatic carbocycles. The second-order valence-corrected chi connectivity index (χ2v) is 7.37. The van der Waals surface area contributed by atoms with E-state index in [-0.39, 0.29) is 29.8 Å². The normalized spacial score (nSPS) is 15.5. The summed E-state index contributed by atoms with van der Waals surface area (Å²) in [5, 5.41) is 2.31. The Balaban J connectivity index is 0.000000186. The quantitative estimate of drug-likeness (QED) is 0.187. The second-order valence-electron chi connectivity index (χ2n) is 6.47. The molecule has 6 heteroatoms. The molecule has 3 aliphatic rings. The van der Waals surface area contributed by atoms with E-state index < -0.39 is 0 Å². The van der Waals surface area contributed by atoms with Gasteiger partial charge in [0.05, 0.1) is 5.76 Å². The molecule has 150 valence electrons. The molecule has 3 aromatic rings. The monoisotopic (exact) mass is 590 g/mol. The number of rotatable bonds is 0. The molecule has 6 rings (SSSR count). The zero-order chi connectivity index (χ0) is 19.5. The van der Waals surface area contributed by atoms with Gasteiger partial charge in [-0.25, -0.2) is 0 Å². The molecule has 1 atom stereocenters. The number of hydrogen-bond acceptors (Lipinski definition) is 2. The zero-order valence-corrected chi connectivity index (χ0v) is 22.0. The van der Waals surface area contributed by atoms with E-state index >= 15 is 0 Å². The first-order chi connectivity index (χ1) is 13.8. The first kappa shape index (κ1) is 25.4. The van der Waals surface area contributed by atoms with E-state index in [0.717, 1.165) is 45.3 Å². The van der Waals surface area contributed by atoms with E-state index in [1.165, 1.54) is 27.8 Å². The summed E-state index contributed by atoms with van der Waals surface area (Å²) in [5.41, 5.74) is 6.65. The summed E-state index contributed by atoms with van der Waals surface area (Å²) in [6.07, 6.45) is 5.23. The van der Waals surface area contributed by atoms with Crippen LogP contribution in [0.25, 0.3) is 23.0 Å². The molecule has 0 fully saturated rings. The van der Waals surface area contributed by atoms with Crippen molar-refractivity contribution in [2.24, 2.45) is 0 Å². The minimum Gasteiger partial charge on any atom is -0.147 e. The van der Waals surface area contributed by atoms with Crippen LogP contribution in [0.3, 0.4) is 0 Å². The maximum Gasteiger partial charge on any atom is -0.0454 e. The summed E-state index contributed by atoms with van der Waals surface area (Å²) in [5.74, 6) is 0.980. The van der Waals surface area contributed by atoms with Crippen molar-refractivity contribution in [3.8, 4) is 11.1 Å². The topological polar surface area (TPSA) is 9.23 Å².